The van der Waals surface area contributed by atoms with Crippen LogP contribution in [-0.4, -0.2) is 59.9 Å². The molecule has 6 rings (SSSR count). The monoisotopic (exact) mass is 626 g/mol. The van der Waals surface area contributed by atoms with Gasteiger partial charge in [0.05, 0.1) is 30.6 Å². The molecule has 0 bridgehead atoms. The Hall–Kier alpha value is -5.23. The lowest BCUT2D eigenvalue weighted by molar-refractivity contribution is -0.140. The van der Waals surface area contributed by atoms with Crippen LogP contribution in [0.5, 0.6) is 17.2 Å². The third kappa shape index (κ3) is 5.96. The number of nitrogens with zero attached hydrogens (tertiary/aromatic N) is 3. The molecule has 2 aliphatic heterocycles. The number of thiazole rings is 1. The minimum absolute atomic E-state index is 0.00862. The van der Waals surface area contributed by atoms with Crippen LogP contribution in [0.4, 0.5) is 11.4 Å². The van der Waals surface area contributed by atoms with Crippen molar-refractivity contribution in [3.63, 3.8) is 0 Å². The molecular weight excluding hydrogens is 596 g/mol. The second-order valence-electron chi connectivity index (χ2n) is 10.9. The second kappa shape index (κ2) is 12.4. The highest BCUT2D eigenvalue weighted by molar-refractivity contribution is 7.09. The van der Waals surface area contributed by atoms with Crippen molar-refractivity contribution in [1.82, 2.24) is 9.88 Å². The zero-order chi connectivity index (χ0) is 31.7. The van der Waals surface area contributed by atoms with Gasteiger partial charge < -0.3 is 24.4 Å². The Morgan fingerprint density at radius 1 is 1.04 bits per heavy atom. The SMILES string of the molecule is COc1ccc(-c2csc(CN(C(=O)CN3C(=O)C(=O)c4ccccc43)C(C(=O)Nc3ccc4c(c3)OCO4)C(C)C)n2)cc1. The van der Waals surface area contributed by atoms with Gasteiger partial charge in [0.2, 0.25) is 18.6 Å². The normalized spacial score (nSPS) is 14.0. The maximum absolute atomic E-state index is 14.1. The van der Waals surface area contributed by atoms with Crippen molar-refractivity contribution in [3.8, 4) is 28.5 Å². The summed E-state index contributed by atoms with van der Waals surface area (Å²) >= 11 is 1.36. The number of methoxy groups -OCH3 is 1. The van der Waals surface area contributed by atoms with E-state index < -0.39 is 36.1 Å². The lowest BCUT2D eigenvalue weighted by atomic mass is 10.0. The Balaban J connectivity index is 1.30. The fraction of sp³-hybridized carbons (Fsp3) is 0.242. The molecule has 0 aliphatic carbocycles. The first-order valence-electron chi connectivity index (χ1n) is 14.3. The van der Waals surface area contributed by atoms with Gasteiger partial charge in [-0.3, -0.25) is 24.1 Å². The van der Waals surface area contributed by atoms with Crippen molar-refractivity contribution in [3.05, 3.63) is 82.7 Å². The van der Waals surface area contributed by atoms with Crippen molar-refractivity contribution >= 4 is 46.2 Å². The molecule has 2 aliphatic rings. The average Bonchev–Trinajstić information content (AvgIpc) is 3.76. The number of Topliss-reactive ketones (excluding diaryl/α,β-unsaturated/α-hetero) is 1. The first-order chi connectivity index (χ1) is 21.7. The summed E-state index contributed by atoms with van der Waals surface area (Å²) in [6.07, 6.45) is 0. The summed E-state index contributed by atoms with van der Waals surface area (Å²) < 4.78 is 16.1. The van der Waals surface area contributed by atoms with Gasteiger partial charge in [-0.1, -0.05) is 26.0 Å². The molecule has 0 fully saturated rings. The van der Waals surface area contributed by atoms with Gasteiger partial charge >= 0.3 is 0 Å². The zero-order valence-corrected chi connectivity index (χ0v) is 25.6. The first-order valence-corrected chi connectivity index (χ1v) is 15.2. The predicted molar refractivity (Wildman–Crippen MR) is 168 cm³/mol. The number of hydrogen-bond acceptors (Lipinski definition) is 9. The summed E-state index contributed by atoms with van der Waals surface area (Å²) in [6.45, 7) is 3.37. The number of ketones is 1. The lowest BCUT2D eigenvalue weighted by Gasteiger charge is -2.34. The highest BCUT2D eigenvalue weighted by Gasteiger charge is 2.40. The van der Waals surface area contributed by atoms with Crippen LogP contribution in [0, 0.1) is 5.92 Å². The number of para-hydroxylation sites is 1. The van der Waals surface area contributed by atoms with Crippen molar-refractivity contribution in [2.75, 3.05) is 30.7 Å². The van der Waals surface area contributed by atoms with Gasteiger partial charge in [-0.25, -0.2) is 4.98 Å². The van der Waals surface area contributed by atoms with E-state index in [0.717, 1.165) is 11.3 Å². The number of rotatable bonds is 10. The molecule has 3 amide bonds. The first kappa shape index (κ1) is 29.8. The molecule has 45 heavy (non-hydrogen) atoms. The quantitative estimate of drug-likeness (QED) is 0.250. The molecule has 1 atom stereocenters. The molecule has 3 heterocycles. The van der Waals surface area contributed by atoms with E-state index in [1.165, 1.54) is 21.1 Å². The molecule has 1 unspecified atom stereocenters. The highest BCUT2D eigenvalue weighted by Crippen LogP contribution is 2.35. The fourth-order valence-electron chi connectivity index (χ4n) is 5.39. The summed E-state index contributed by atoms with van der Waals surface area (Å²) in [5.74, 6) is -0.912. The summed E-state index contributed by atoms with van der Waals surface area (Å²) in [5, 5.41) is 5.39. The number of benzene rings is 3. The molecule has 0 spiro atoms. The molecule has 1 N–H and O–H groups in total. The Labute approximate surface area is 263 Å². The molecule has 0 saturated carbocycles. The van der Waals surface area contributed by atoms with E-state index >= 15 is 0 Å². The van der Waals surface area contributed by atoms with E-state index in [4.69, 9.17) is 19.2 Å². The molecule has 12 heteroatoms. The van der Waals surface area contributed by atoms with Crippen LogP contribution < -0.4 is 24.4 Å². The minimum atomic E-state index is -0.945. The van der Waals surface area contributed by atoms with E-state index in [1.54, 1.807) is 49.6 Å². The average molecular weight is 627 g/mol. The maximum Gasteiger partial charge on any atom is 0.299 e. The molecule has 1 aromatic heterocycles. The van der Waals surface area contributed by atoms with Gasteiger partial charge in [0.1, 0.15) is 23.3 Å². The van der Waals surface area contributed by atoms with E-state index in [-0.39, 0.29) is 24.8 Å². The van der Waals surface area contributed by atoms with Crippen molar-refractivity contribution in [2.24, 2.45) is 5.92 Å². The third-order valence-corrected chi connectivity index (χ3v) is 8.45. The number of aromatic nitrogens is 1. The Kier molecular flexibility index (Phi) is 8.22. The fourth-order valence-corrected chi connectivity index (χ4v) is 6.19. The van der Waals surface area contributed by atoms with Crippen molar-refractivity contribution in [2.45, 2.75) is 26.4 Å². The Bertz CT molecular complexity index is 1790. The third-order valence-electron chi connectivity index (χ3n) is 7.61. The van der Waals surface area contributed by atoms with Crippen LogP contribution >= 0.6 is 11.3 Å². The molecule has 0 radical (unpaired) electrons. The van der Waals surface area contributed by atoms with Crippen LogP contribution in [0.2, 0.25) is 0 Å². The molecule has 230 valence electrons. The summed E-state index contributed by atoms with van der Waals surface area (Å²) in [4.78, 5) is 61.0. The number of ether oxygens (including phenoxy) is 3. The molecule has 4 aromatic rings. The molecular formula is C33H30N4O7S. The second-order valence-corrected chi connectivity index (χ2v) is 11.8. The smallest absolute Gasteiger partial charge is 0.299 e. The molecule has 11 nitrogen and oxygen atoms in total. The standard InChI is InChI=1S/C33H30N4O7S/c1-19(2)30(32(40)34-21-10-13-26-27(14-21)44-18-43-26)37(15-28-35-24(17-45-28)20-8-11-22(42-3)12-9-20)29(38)16-36-25-7-5-4-6-23(25)31(39)33(36)41/h4-14,17,19,30H,15-16,18H2,1-3H3,(H,34,40). The van der Waals surface area contributed by atoms with Crippen molar-refractivity contribution in [1.29, 1.82) is 0 Å². The summed E-state index contributed by atoms with van der Waals surface area (Å²) in [7, 11) is 1.60. The van der Waals surface area contributed by atoms with E-state index in [1.807, 2.05) is 43.5 Å². The number of hydrogen-bond donors (Lipinski definition) is 1. The Morgan fingerprint density at radius 2 is 1.80 bits per heavy atom. The lowest BCUT2D eigenvalue weighted by Crippen LogP contribution is -2.53. The van der Waals surface area contributed by atoms with Gasteiger partial charge in [0.15, 0.2) is 11.5 Å². The summed E-state index contributed by atoms with van der Waals surface area (Å²) in [6, 6.07) is 18.1. The van der Waals surface area contributed by atoms with Crippen LogP contribution in [-0.2, 0) is 20.9 Å². The van der Waals surface area contributed by atoms with Gasteiger partial charge in [-0.05, 0) is 54.4 Å². The number of fused-ring (bicyclic) bond motifs is 2. The number of nitrogens with one attached hydrogen (secondary N) is 1. The maximum atomic E-state index is 14.1. The number of amides is 3. The highest BCUT2D eigenvalue weighted by atomic mass is 32.1. The van der Waals surface area contributed by atoms with Crippen LogP contribution in [0.15, 0.2) is 72.1 Å². The number of carbonyl (C=O) groups excluding carboxylic acids is 4. The van der Waals surface area contributed by atoms with Gasteiger partial charge in [0, 0.05) is 22.7 Å². The topological polar surface area (TPSA) is 127 Å². The predicted octanol–water partition coefficient (Wildman–Crippen LogP) is 4.77. The number of anilines is 2. The molecule has 0 saturated heterocycles. The molecule has 3 aromatic carbocycles. The van der Waals surface area contributed by atoms with Crippen LogP contribution in [0.25, 0.3) is 11.3 Å². The van der Waals surface area contributed by atoms with Gasteiger partial charge in [-0.2, -0.15) is 0 Å². The van der Waals surface area contributed by atoms with Crippen LogP contribution in [0.1, 0.15) is 29.2 Å². The summed E-state index contributed by atoms with van der Waals surface area (Å²) in [5.41, 5.74) is 2.67. The largest absolute Gasteiger partial charge is 0.497 e. The van der Waals surface area contributed by atoms with Gasteiger partial charge in [-0.15, -0.1) is 11.3 Å². The van der Waals surface area contributed by atoms with Crippen molar-refractivity contribution < 1.29 is 33.4 Å². The Morgan fingerprint density at radius 3 is 2.56 bits per heavy atom. The van der Waals surface area contributed by atoms with E-state index in [0.29, 0.717) is 33.6 Å². The number of carbonyl (C=O) groups is 4. The van der Waals surface area contributed by atoms with E-state index in [2.05, 4.69) is 5.32 Å². The van der Waals surface area contributed by atoms with Gasteiger partial charge in [0.25, 0.3) is 11.7 Å². The van der Waals surface area contributed by atoms with E-state index in [9.17, 15) is 19.2 Å². The zero-order valence-electron chi connectivity index (χ0n) is 24.8. The van der Waals surface area contributed by atoms with Crippen LogP contribution in [0.3, 0.4) is 0 Å². The minimum Gasteiger partial charge on any atom is -0.497 e.